The number of anilines is 1. The first-order valence-corrected chi connectivity index (χ1v) is 8.10. The standard InChI is InChI=1S/C13H20N2O3S/c14-13-6-2-1-5-12(13)10-19(16,17)15-8-11-4-3-7-18-9-11/h1-2,5-6,11,15H,3-4,7-10,14H2. The number of nitrogens with one attached hydrogen (secondary N) is 1. The lowest BCUT2D eigenvalue weighted by Crippen LogP contribution is -2.34. The molecule has 2 rings (SSSR count). The van der Waals surface area contributed by atoms with Crippen molar-refractivity contribution in [3.05, 3.63) is 29.8 Å². The molecule has 1 aliphatic heterocycles. The molecule has 0 saturated carbocycles. The van der Waals surface area contributed by atoms with Crippen molar-refractivity contribution in [2.24, 2.45) is 5.92 Å². The molecule has 106 valence electrons. The van der Waals surface area contributed by atoms with Gasteiger partial charge in [-0.05, 0) is 30.4 Å². The Morgan fingerprint density at radius 3 is 2.84 bits per heavy atom. The van der Waals surface area contributed by atoms with Crippen molar-refractivity contribution in [3.63, 3.8) is 0 Å². The largest absolute Gasteiger partial charge is 0.398 e. The fourth-order valence-corrected chi connectivity index (χ4v) is 3.40. The van der Waals surface area contributed by atoms with Crippen LogP contribution >= 0.6 is 0 Å². The van der Waals surface area contributed by atoms with E-state index in [1.54, 1.807) is 24.3 Å². The topological polar surface area (TPSA) is 81.4 Å². The molecule has 1 fully saturated rings. The summed E-state index contributed by atoms with van der Waals surface area (Å²) in [6, 6.07) is 7.02. The molecule has 1 aliphatic rings. The average molecular weight is 284 g/mol. The first-order chi connectivity index (χ1) is 9.07. The second kappa shape index (κ2) is 6.36. The van der Waals surface area contributed by atoms with Gasteiger partial charge >= 0.3 is 0 Å². The van der Waals surface area contributed by atoms with Crippen LogP contribution in [0.5, 0.6) is 0 Å². The summed E-state index contributed by atoms with van der Waals surface area (Å²) in [6.45, 7) is 1.86. The van der Waals surface area contributed by atoms with E-state index in [1.807, 2.05) is 0 Å². The van der Waals surface area contributed by atoms with Gasteiger partial charge in [0, 0.05) is 18.8 Å². The Bertz CT molecular complexity index is 510. The van der Waals surface area contributed by atoms with Gasteiger partial charge in [-0.3, -0.25) is 0 Å². The fourth-order valence-electron chi connectivity index (χ4n) is 2.13. The minimum absolute atomic E-state index is 0.0761. The summed E-state index contributed by atoms with van der Waals surface area (Å²) in [4.78, 5) is 0. The molecule has 1 aromatic carbocycles. The lowest BCUT2D eigenvalue weighted by atomic mass is 10.0. The predicted octanol–water partition coefficient (Wildman–Crippen LogP) is 1.11. The summed E-state index contributed by atoms with van der Waals surface area (Å²) in [5, 5.41) is 0. The van der Waals surface area contributed by atoms with Crippen molar-refractivity contribution in [2.45, 2.75) is 18.6 Å². The molecule has 5 nitrogen and oxygen atoms in total. The molecule has 1 aromatic rings. The van der Waals surface area contributed by atoms with Crippen LogP contribution in [0.3, 0.4) is 0 Å². The lowest BCUT2D eigenvalue weighted by Gasteiger charge is -2.22. The minimum Gasteiger partial charge on any atom is -0.398 e. The van der Waals surface area contributed by atoms with E-state index < -0.39 is 10.0 Å². The number of hydrogen-bond acceptors (Lipinski definition) is 4. The summed E-state index contributed by atoms with van der Waals surface area (Å²) in [5.41, 5.74) is 6.90. The van der Waals surface area contributed by atoms with Crippen LogP contribution in [0.1, 0.15) is 18.4 Å². The predicted molar refractivity (Wildman–Crippen MR) is 75.0 cm³/mol. The molecule has 1 atom stereocenters. The number of para-hydroxylation sites is 1. The Hall–Kier alpha value is -1.11. The van der Waals surface area contributed by atoms with Crippen LogP contribution in [0, 0.1) is 5.92 Å². The van der Waals surface area contributed by atoms with E-state index >= 15 is 0 Å². The van der Waals surface area contributed by atoms with Gasteiger partial charge in [0.25, 0.3) is 0 Å². The van der Waals surface area contributed by atoms with Crippen LogP contribution in [0.2, 0.25) is 0 Å². The maximum absolute atomic E-state index is 12.0. The Morgan fingerprint density at radius 2 is 2.16 bits per heavy atom. The molecular formula is C13H20N2O3S. The zero-order valence-electron chi connectivity index (χ0n) is 10.8. The van der Waals surface area contributed by atoms with E-state index in [1.165, 1.54) is 0 Å². The number of nitrogens with two attached hydrogens (primary N) is 1. The third-order valence-corrected chi connectivity index (χ3v) is 4.54. The van der Waals surface area contributed by atoms with Gasteiger partial charge in [0.2, 0.25) is 10.0 Å². The van der Waals surface area contributed by atoms with Crippen molar-refractivity contribution >= 4 is 15.7 Å². The van der Waals surface area contributed by atoms with Crippen LogP contribution in [0.15, 0.2) is 24.3 Å². The number of sulfonamides is 1. The van der Waals surface area contributed by atoms with Crippen LogP contribution in [0.4, 0.5) is 5.69 Å². The first kappa shape index (κ1) is 14.3. The van der Waals surface area contributed by atoms with Gasteiger partial charge in [0.15, 0.2) is 0 Å². The van der Waals surface area contributed by atoms with Crippen LogP contribution in [-0.2, 0) is 20.5 Å². The van der Waals surface area contributed by atoms with Gasteiger partial charge < -0.3 is 10.5 Å². The normalized spacial score (nSPS) is 20.3. The molecule has 19 heavy (non-hydrogen) atoms. The highest BCUT2D eigenvalue weighted by Gasteiger charge is 2.18. The molecule has 0 amide bonds. The first-order valence-electron chi connectivity index (χ1n) is 6.45. The highest BCUT2D eigenvalue weighted by atomic mass is 32.2. The number of rotatable bonds is 5. The van der Waals surface area contributed by atoms with E-state index in [4.69, 9.17) is 10.5 Å². The molecule has 0 bridgehead atoms. The lowest BCUT2D eigenvalue weighted by molar-refractivity contribution is 0.0568. The maximum Gasteiger partial charge on any atom is 0.215 e. The fraction of sp³-hybridized carbons (Fsp3) is 0.538. The van der Waals surface area contributed by atoms with Crippen molar-refractivity contribution in [1.29, 1.82) is 0 Å². The quantitative estimate of drug-likeness (QED) is 0.794. The summed E-state index contributed by atoms with van der Waals surface area (Å²) >= 11 is 0. The molecular weight excluding hydrogens is 264 g/mol. The third-order valence-electron chi connectivity index (χ3n) is 3.25. The number of ether oxygens (including phenoxy) is 1. The molecule has 0 aromatic heterocycles. The summed E-state index contributed by atoms with van der Waals surface area (Å²) in [5.74, 6) is 0.199. The summed E-state index contributed by atoms with van der Waals surface area (Å²) in [7, 11) is -3.34. The van der Waals surface area contributed by atoms with Gasteiger partial charge in [-0.15, -0.1) is 0 Å². The Kier molecular flexibility index (Phi) is 4.79. The molecule has 1 unspecified atom stereocenters. The van der Waals surface area contributed by atoms with Crippen molar-refractivity contribution < 1.29 is 13.2 Å². The van der Waals surface area contributed by atoms with Gasteiger partial charge in [-0.2, -0.15) is 0 Å². The molecule has 0 spiro atoms. The zero-order valence-corrected chi connectivity index (χ0v) is 11.7. The van der Waals surface area contributed by atoms with E-state index in [0.29, 0.717) is 24.4 Å². The molecule has 3 N–H and O–H groups in total. The minimum atomic E-state index is -3.34. The van der Waals surface area contributed by atoms with Gasteiger partial charge in [0.1, 0.15) is 0 Å². The van der Waals surface area contributed by atoms with Gasteiger partial charge in [-0.1, -0.05) is 18.2 Å². The number of benzene rings is 1. The SMILES string of the molecule is Nc1ccccc1CS(=O)(=O)NCC1CCCOC1. The van der Waals surface area contributed by atoms with Crippen LogP contribution in [0.25, 0.3) is 0 Å². The monoisotopic (exact) mass is 284 g/mol. The number of hydrogen-bond donors (Lipinski definition) is 2. The molecule has 0 aliphatic carbocycles. The van der Waals surface area contributed by atoms with E-state index in [2.05, 4.69) is 4.72 Å². The Labute approximate surface area is 114 Å². The maximum atomic E-state index is 12.0. The van der Waals surface area contributed by atoms with E-state index in [9.17, 15) is 8.42 Å². The van der Waals surface area contributed by atoms with E-state index in [-0.39, 0.29) is 11.7 Å². The van der Waals surface area contributed by atoms with Crippen molar-refractivity contribution in [3.8, 4) is 0 Å². The van der Waals surface area contributed by atoms with E-state index in [0.717, 1.165) is 19.4 Å². The van der Waals surface area contributed by atoms with Crippen molar-refractivity contribution in [1.82, 2.24) is 4.72 Å². The van der Waals surface area contributed by atoms with Crippen molar-refractivity contribution in [2.75, 3.05) is 25.5 Å². The third kappa shape index (κ3) is 4.49. The van der Waals surface area contributed by atoms with Gasteiger partial charge in [-0.25, -0.2) is 13.1 Å². The second-order valence-corrected chi connectivity index (χ2v) is 6.70. The number of nitrogen functional groups attached to an aromatic ring is 1. The Morgan fingerprint density at radius 1 is 1.37 bits per heavy atom. The highest BCUT2D eigenvalue weighted by Crippen LogP contribution is 2.15. The average Bonchev–Trinajstić information content (AvgIpc) is 2.40. The molecule has 1 saturated heterocycles. The zero-order chi connectivity index (χ0) is 13.7. The van der Waals surface area contributed by atoms with Crippen LogP contribution in [-0.4, -0.2) is 28.2 Å². The molecule has 6 heteroatoms. The van der Waals surface area contributed by atoms with Gasteiger partial charge in [0.05, 0.1) is 12.4 Å². The summed E-state index contributed by atoms with van der Waals surface area (Å²) < 4.78 is 31.9. The summed E-state index contributed by atoms with van der Waals surface area (Å²) in [6.07, 6.45) is 2.01. The second-order valence-electron chi connectivity index (χ2n) is 4.89. The highest BCUT2D eigenvalue weighted by molar-refractivity contribution is 7.88. The molecule has 0 radical (unpaired) electrons. The van der Waals surface area contributed by atoms with Crippen LogP contribution < -0.4 is 10.5 Å². The smallest absolute Gasteiger partial charge is 0.215 e. The molecule has 1 heterocycles. The Balaban J connectivity index is 1.90.